The Morgan fingerprint density at radius 3 is 2.05 bits per heavy atom. The molecule has 0 amide bonds. The van der Waals surface area contributed by atoms with Crippen molar-refractivity contribution in [1.82, 2.24) is 9.55 Å². The molecule has 0 unspecified atom stereocenters. The van der Waals surface area contributed by atoms with E-state index in [2.05, 4.69) is 28.8 Å². The number of methoxy groups -OCH3 is 1. The normalized spacial score (nSPS) is 10.5. The number of ether oxygens (including phenoxy) is 2. The third kappa shape index (κ3) is 7.71. The quantitative estimate of drug-likeness (QED) is 0.217. The Labute approximate surface area is 242 Å². The molecule has 7 heteroatoms. The molecule has 0 aliphatic heterocycles. The number of carbonyl (C=O) groups is 1. The first-order valence-corrected chi connectivity index (χ1v) is 12.4. The maximum Gasteiger partial charge on any atom is 1.00 e. The number of unbranched alkanes of at least 4 members (excludes halogenated alkanes) is 4. The number of aliphatic carboxylic acids is 1. The van der Waals surface area contributed by atoms with Crippen LogP contribution in [-0.4, -0.2) is 34.3 Å². The van der Waals surface area contributed by atoms with Gasteiger partial charge >= 0.3 is 41.5 Å². The van der Waals surface area contributed by atoms with E-state index in [1.165, 1.54) is 0 Å². The summed E-state index contributed by atoms with van der Waals surface area (Å²) in [6.07, 6.45) is 4.74. The number of rotatable bonds is 13. The zero-order valence-electron chi connectivity index (χ0n) is 22.6. The van der Waals surface area contributed by atoms with Gasteiger partial charge in [0.05, 0.1) is 25.1 Å². The number of hydrogen-bond acceptors (Lipinski definition) is 4. The molecule has 1 heterocycles. The average molecular weight is 509 g/mol. The second-order valence-corrected chi connectivity index (χ2v) is 8.62. The van der Waals surface area contributed by atoms with Crippen LogP contribution in [0.25, 0.3) is 28.2 Å². The Morgan fingerprint density at radius 1 is 0.838 bits per heavy atom. The molecule has 0 spiro atoms. The van der Waals surface area contributed by atoms with Gasteiger partial charge in [-0.3, -0.25) is 9.36 Å². The van der Waals surface area contributed by atoms with Crippen LogP contribution in [0.1, 0.15) is 40.0 Å². The van der Waals surface area contributed by atoms with E-state index >= 15 is 0 Å². The van der Waals surface area contributed by atoms with Gasteiger partial charge in [-0.05, 0) is 37.1 Å². The van der Waals surface area contributed by atoms with E-state index in [1.54, 1.807) is 7.11 Å². The van der Waals surface area contributed by atoms with Crippen LogP contribution in [-0.2, 0) is 4.79 Å². The van der Waals surface area contributed by atoms with Crippen LogP contribution in [0, 0.1) is 0 Å². The fourth-order valence-electron chi connectivity index (χ4n) is 4.20. The van der Waals surface area contributed by atoms with Gasteiger partial charge in [0.1, 0.15) is 11.4 Å². The standard InChI is InChI=1S/C30H32N2O4.Na.H/c1-35-26-20-18-25(19-21-26)32-29(24-15-9-6-10-16-24)28(23-13-7-5-8-14-23)31-30(32)36-22-12-4-2-3-11-17-27(33)34;;/h5-10,13-16,18-21H,2-4,11-12,17,22H2,1H3,(H,33,34);;/q;+1;-1. The summed E-state index contributed by atoms with van der Waals surface area (Å²) in [6, 6.07) is 28.8. The van der Waals surface area contributed by atoms with Gasteiger partial charge in [0, 0.05) is 17.5 Å². The Balaban J connectivity index is 0.00000253. The molecule has 0 bridgehead atoms. The number of hydrogen-bond donors (Lipinski definition) is 1. The van der Waals surface area contributed by atoms with Crippen LogP contribution in [0.4, 0.5) is 0 Å². The minimum atomic E-state index is -0.729. The molecule has 0 radical (unpaired) electrons. The largest absolute Gasteiger partial charge is 1.00 e. The number of carboxylic acid groups (broad SMARTS) is 1. The van der Waals surface area contributed by atoms with Gasteiger partial charge in [-0.1, -0.05) is 79.9 Å². The van der Waals surface area contributed by atoms with E-state index in [0.717, 1.165) is 66.1 Å². The van der Waals surface area contributed by atoms with E-state index in [1.807, 2.05) is 60.7 Å². The first-order valence-electron chi connectivity index (χ1n) is 12.4. The van der Waals surface area contributed by atoms with Gasteiger partial charge < -0.3 is 16.0 Å². The van der Waals surface area contributed by atoms with Crippen molar-refractivity contribution in [1.29, 1.82) is 0 Å². The second-order valence-electron chi connectivity index (χ2n) is 8.62. The van der Waals surface area contributed by atoms with Crippen LogP contribution < -0.4 is 39.0 Å². The molecule has 0 atom stereocenters. The van der Waals surface area contributed by atoms with Gasteiger partial charge in [0.2, 0.25) is 0 Å². The minimum Gasteiger partial charge on any atom is -1.00 e. The van der Waals surface area contributed by atoms with Gasteiger partial charge in [-0.2, -0.15) is 4.98 Å². The third-order valence-electron chi connectivity index (χ3n) is 6.04. The summed E-state index contributed by atoms with van der Waals surface area (Å²) in [5, 5.41) is 8.78. The number of imidazole rings is 1. The first kappa shape index (κ1) is 28.5. The van der Waals surface area contributed by atoms with Crippen molar-refractivity contribution in [2.45, 2.75) is 38.5 Å². The van der Waals surface area contributed by atoms with Crippen molar-refractivity contribution in [3.63, 3.8) is 0 Å². The van der Waals surface area contributed by atoms with Gasteiger partial charge in [-0.25, -0.2) is 0 Å². The summed E-state index contributed by atoms with van der Waals surface area (Å²) in [6.45, 7) is 0.536. The average Bonchev–Trinajstić information content (AvgIpc) is 3.30. The van der Waals surface area contributed by atoms with E-state index in [9.17, 15) is 4.79 Å². The van der Waals surface area contributed by atoms with Crippen LogP contribution in [0.3, 0.4) is 0 Å². The SMILES string of the molecule is COc1ccc(-n2c(OCCCCCCCC(=O)O)nc(-c3ccccc3)c2-c2ccccc2)cc1.[H-].[Na+]. The smallest absolute Gasteiger partial charge is 1.00 e. The minimum absolute atomic E-state index is 0. The van der Waals surface area contributed by atoms with Crippen molar-refractivity contribution >= 4 is 5.97 Å². The topological polar surface area (TPSA) is 73.6 Å². The monoisotopic (exact) mass is 508 g/mol. The summed E-state index contributed by atoms with van der Waals surface area (Å²) in [5.74, 6) is 0.0564. The Morgan fingerprint density at radius 2 is 1.43 bits per heavy atom. The molecule has 0 saturated carbocycles. The van der Waals surface area contributed by atoms with E-state index < -0.39 is 5.97 Å². The molecule has 4 aromatic rings. The van der Waals surface area contributed by atoms with E-state index in [-0.39, 0.29) is 37.4 Å². The predicted octanol–water partition coefficient (Wildman–Crippen LogP) is 4.14. The maximum absolute atomic E-state index is 10.7. The van der Waals surface area contributed by atoms with E-state index in [4.69, 9.17) is 19.6 Å². The molecule has 188 valence electrons. The molecule has 37 heavy (non-hydrogen) atoms. The Hall–Kier alpha value is -3.06. The Bertz CT molecular complexity index is 1250. The Kier molecular flexibility index (Phi) is 11.3. The summed E-state index contributed by atoms with van der Waals surface area (Å²) < 4.78 is 13.7. The number of aromatic nitrogens is 2. The molecule has 0 saturated heterocycles. The zero-order valence-corrected chi connectivity index (χ0v) is 23.6. The van der Waals surface area contributed by atoms with Gasteiger partial charge in [0.25, 0.3) is 0 Å². The van der Waals surface area contributed by atoms with Crippen molar-refractivity contribution in [2.24, 2.45) is 0 Å². The predicted molar refractivity (Wildman–Crippen MR) is 143 cm³/mol. The van der Waals surface area contributed by atoms with Gasteiger partial charge in [-0.15, -0.1) is 0 Å². The molecule has 6 nitrogen and oxygen atoms in total. The fourth-order valence-corrected chi connectivity index (χ4v) is 4.20. The number of carboxylic acids is 1. The first-order chi connectivity index (χ1) is 17.7. The van der Waals surface area contributed by atoms with E-state index in [0.29, 0.717) is 12.6 Å². The number of nitrogens with zero attached hydrogens (tertiary/aromatic N) is 2. The van der Waals surface area contributed by atoms with Crippen LogP contribution in [0.15, 0.2) is 84.9 Å². The van der Waals surface area contributed by atoms with Crippen LogP contribution in [0.5, 0.6) is 11.8 Å². The molecule has 4 rings (SSSR count). The van der Waals surface area contributed by atoms with Crippen LogP contribution >= 0.6 is 0 Å². The van der Waals surface area contributed by atoms with Crippen molar-refractivity contribution in [3.8, 4) is 40.0 Å². The van der Waals surface area contributed by atoms with Gasteiger partial charge in [0.15, 0.2) is 0 Å². The molecule has 1 N–H and O–H groups in total. The van der Waals surface area contributed by atoms with Crippen LogP contribution in [0.2, 0.25) is 0 Å². The summed E-state index contributed by atoms with van der Waals surface area (Å²) >= 11 is 0. The second kappa shape index (κ2) is 14.6. The summed E-state index contributed by atoms with van der Waals surface area (Å²) in [5.41, 5.74) is 4.84. The van der Waals surface area contributed by atoms with Crippen molar-refractivity contribution in [2.75, 3.05) is 13.7 Å². The molecular weight excluding hydrogens is 475 g/mol. The molecular formula is C30H33N2NaO4. The zero-order chi connectivity index (χ0) is 25.2. The third-order valence-corrected chi connectivity index (χ3v) is 6.04. The maximum atomic E-state index is 10.7. The molecule has 1 aromatic heterocycles. The molecule has 0 aliphatic carbocycles. The fraction of sp³-hybridized carbons (Fsp3) is 0.267. The molecule has 3 aromatic carbocycles. The van der Waals surface area contributed by atoms with Crippen molar-refractivity contribution < 1.29 is 50.4 Å². The molecule has 0 fully saturated rings. The summed E-state index contributed by atoms with van der Waals surface area (Å²) in [4.78, 5) is 15.7. The van der Waals surface area contributed by atoms with Crippen molar-refractivity contribution in [3.05, 3.63) is 84.9 Å². The summed E-state index contributed by atoms with van der Waals surface area (Å²) in [7, 11) is 1.66. The molecule has 0 aliphatic rings. The number of benzene rings is 3.